The first-order valence-electron chi connectivity index (χ1n) is 6.20. The quantitative estimate of drug-likeness (QED) is 0.664. The number of halogens is 1. The molecule has 0 unspecified atom stereocenters. The van der Waals surface area contributed by atoms with E-state index in [9.17, 15) is 0 Å². The number of benzene rings is 1. The fourth-order valence-electron chi connectivity index (χ4n) is 2.00. The Morgan fingerprint density at radius 1 is 1.00 bits per heavy atom. The number of fused-ring (bicyclic) bond motifs is 1. The molecule has 1 aromatic heterocycles. The summed E-state index contributed by atoms with van der Waals surface area (Å²) < 4.78 is 5.55. The van der Waals surface area contributed by atoms with Crippen molar-refractivity contribution in [2.75, 3.05) is 0 Å². The van der Waals surface area contributed by atoms with Gasteiger partial charge in [0, 0.05) is 5.56 Å². The summed E-state index contributed by atoms with van der Waals surface area (Å²) in [6.07, 6.45) is 0. The second-order valence-electron chi connectivity index (χ2n) is 6.84. The van der Waals surface area contributed by atoms with Crippen LogP contribution < -0.4 is 0 Å². The second kappa shape index (κ2) is 3.99. The lowest BCUT2D eigenvalue weighted by Crippen LogP contribution is -2.16. The van der Waals surface area contributed by atoms with Crippen LogP contribution in [0.3, 0.4) is 0 Å². The zero-order chi connectivity index (χ0) is 13.7. The minimum absolute atomic E-state index is 0.00235. The molecule has 0 bridgehead atoms. The molecule has 1 heterocycles. The zero-order valence-electron chi connectivity index (χ0n) is 11.9. The van der Waals surface area contributed by atoms with Crippen molar-refractivity contribution in [2.45, 2.75) is 52.4 Å². The van der Waals surface area contributed by atoms with Gasteiger partial charge >= 0.3 is 0 Å². The van der Waals surface area contributed by atoms with E-state index in [1.54, 1.807) is 0 Å². The minimum atomic E-state index is 0.00235. The van der Waals surface area contributed by atoms with Crippen molar-refractivity contribution in [1.29, 1.82) is 0 Å². The van der Waals surface area contributed by atoms with E-state index in [1.807, 2.05) is 0 Å². The Morgan fingerprint density at radius 3 is 2.11 bits per heavy atom. The summed E-state index contributed by atoms with van der Waals surface area (Å²) in [6, 6.07) is 4.28. The van der Waals surface area contributed by atoms with Crippen molar-refractivity contribution >= 4 is 22.7 Å². The van der Waals surface area contributed by atoms with Crippen molar-refractivity contribution in [3.63, 3.8) is 0 Å². The van der Waals surface area contributed by atoms with Crippen molar-refractivity contribution in [1.82, 2.24) is 4.98 Å². The molecule has 2 nitrogen and oxygen atoms in total. The number of oxazole rings is 1. The standard InChI is InChI=1S/C15H20ClNO/c1-14(2,3)9-7-10(15(4,5)6)12-11(8-9)17-13(16)18-12/h7-8H,1-6H3. The lowest BCUT2D eigenvalue weighted by atomic mass is 9.80. The normalized spacial score (nSPS) is 13.3. The lowest BCUT2D eigenvalue weighted by Gasteiger charge is -2.24. The molecule has 0 aliphatic heterocycles. The van der Waals surface area contributed by atoms with Crippen LogP contribution in [0.25, 0.3) is 11.1 Å². The van der Waals surface area contributed by atoms with Crippen molar-refractivity contribution < 1.29 is 4.42 Å². The van der Waals surface area contributed by atoms with Gasteiger partial charge in [0.25, 0.3) is 5.35 Å². The van der Waals surface area contributed by atoms with Gasteiger partial charge in [0.05, 0.1) is 0 Å². The van der Waals surface area contributed by atoms with E-state index < -0.39 is 0 Å². The van der Waals surface area contributed by atoms with Gasteiger partial charge in [-0.1, -0.05) is 47.6 Å². The predicted molar refractivity (Wildman–Crippen MR) is 76.4 cm³/mol. The molecular formula is C15H20ClNO. The number of aromatic nitrogens is 1. The van der Waals surface area contributed by atoms with Gasteiger partial charge in [0.15, 0.2) is 5.58 Å². The highest BCUT2D eigenvalue weighted by atomic mass is 35.5. The topological polar surface area (TPSA) is 26.0 Å². The summed E-state index contributed by atoms with van der Waals surface area (Å²) in [5.74, 6) is 0. The first-order valence-corrected chi connectivity index (χ1v) is 6.58. The Balaban J connectivity index is 2.81. The molecule has 2 rings (SSSR count). The van der Waals surface area contributed by atoms with Crippen LogP contribution in [0.1, 0.15) is 52.7 Å². The Labute approximate surface area is 113 Å². The molecular weight excluding hydrogens is 246 g/mol. The predicted octanol–water partition coefficient (Wildman–Crippen LogP) is 5.08. The third kappa shape index (κ3) is 2.39. The van der Waals surface area contributed by atoms with Gasteiger partial charge in [0.2, 0.25) is 0 Å². The molecule has 0 radical (unpaired) electrons. The Morgan fingerprint density at radius 2 is 1.61 bits per heavy atom. The molecule has 0 aliphatic rings. The number of rotatable bonds is 0. The van der Waals surface area contributed by atoms with Crippen molar-refractivity contribution in [3.05, 3.63) is 28.6 Å². The van der Waals surface area contributed by atoms with Crippen LogP contribution >= 0.6 is 11.6 Å². The smallest absolute Gasteiger partial charge is 0.293 e. The zero-order valence-corrected chi connectivity index (χ0v) is 12.6. The first kappa shape index (κ1) is 13.4. The van der Waals surface area contributed by atoms with Gasteiger partial charge in [-0.3, -0.25) is 0 Å². The molecule has 0 amide bonds. The minimum Gasteiger partial charge on any atom is -0.427 e. The molecule has 0 atom stereocenters. The van der Waals surface area contributed by atoms with Crippen LogP contribution in [0.4, 0.5) is 0 Å². The molecule has 1 aromatic carbocycles. The van der Waals surface area contributed by atoms with E-state index in [-0.39, 0.29) is 16.2 Å². The fraction of sp³-hybridized carbons (Fsp3) is 0.533. The van der Waals surface area contributed by atoms with Gasteiger partial charge in [-0.25, -0.2) is 0 Å². The molecule has 0 fully saturated rings. The van der Waals surface area contributed by atoms with E-state index in [4.69, 9.17) is 16.0 Å². The summed E-state index contributed by atoms with van der Waals surface area (Å²) in [4.78, 5) is 4.26. The molecule has 0 N–H and O–H groups in total. The Hall–Kier alpha value is -1.02. The van der Waals surface area contributed by atoms with Crippen LogP contribution in [0.15, 0.2) is 16.5 Å². The summed E-state index contributed by atoms with van der Waals surface area (Å²) in [7, 11) is 0. The van der Waals surface area contributed by atoms with Crippen LogP contribution in [-0.4, -0.2) is 4.98 Å². The van der Waals surface area contributed by atoms with E-state index in [0.717, 1.165) is 16.7 Å². The SMILES string of the molecule is CC(C)(C)c1cc(C(C)(C)C)c2oc(Cl)nc2c1. The fourth-order valence-corrected chi connectivity index (χ4v) is 2.16. The third-order valence-corrected chi connectivity index (χ3v) is 3.30. The maximum absolute atomic E-state index is 5.89. The molecule has 18 heavy (non-hydrogen) atoms. The maximum atomic E-state index is 5.89. The second-order valence-corrected chi connectivity index (χ2v) is 7.16. The summed E-state index contributed by atoms with van der Waals surface area (Å²) in [5, 5.41) is 0.210. The van der Waals surface area contributed by atoms with Crippen LogP contribution in [0, 0.1) is 0 Å². The lowest BCUT2D eigenvalue weighted by molar-refractivity contribution is 0.548. The van der Waals surface area contributed by atoms with Crippen molar-refractivity contribution in [2.24, 2.45) is 0 Å². The molecule has 3 heteroatoms. The van der Waals surface area contributed by atoms with E-state index in [1.165, 1.54) is 5.56 Å². The summed E-state index contributed by atoms with van der Waals surface area (Å²) in [5.41, 5.74) is 4.15. The van der Waals surface area contributed by atoms with E-state index in [2.05, 4.69) is 58.7 Å². The average Bonchev–Trinajstić information content (AvgIpc) is 2.52. The van der Waals surface area contributed by atoms with Gasteiger partial charge < -0.3 is 4.42 Å². The van der Waals surface area contributed by atoms with Gasteiger partial charge in [-0.15, -0.1) is 0 Å². The van der Waals surface area contributed by atoms with Gasteiger partial charge in [0.1, 0.15) is 5.52 Å². The number of hydrogen-bond donors (Lipinski definition) is 0. The van der Waals surface area contributed by atoms with Gasteiger partial charge in [-0.2, -0.15) is 4.98 Å². The molecule has 0 aliphatic carbocycles. The van der Waals surface area contributed by atoms with Crippen LogP contribution in [0.5, 0.6) is 0 Å². The molecule has 0 saturated carbocycles. The summed E-state index contributed by atoms with van der Waals surface area (Å²) in [6.45, 7) is 13.1. The third-order valence-electron chi connectivity index (χ3n) is 3.14. The van der Waals surface area contributed by atoms with E-state index >= 15 is 0 Å². The van der Waals surface area contributed by atoms with Crippen molar-refractivity contribution in [3.8, 4) is 0 Å². The number of nitrogens with zero attached hydrogens (tertiary/aromatic N) is 1. The highest BCUT2D eigenvalue weighted by Crippen LogP contribution is 2.36. The molecule has 0 saturated heterocycles. The Kier molecular flexibility index (Phi) is 2.97. The summed E-state index contributed by atoms with van der Waals surface area (Å²) >= 11 is 5.89. The highest BCUT2D eigenvalue weighted by Gasteiger charge is 2.24. The van der Waals surface area contributed by atoms with Crippen LogP contribution in [0.2, 0.25) is 5.35 Å². The molecule has 2 aromatic rings. The first-order chi connectivity index (χ1) is 8.09. The Bertz CT molecular complexity index is 585. The van der Waals surface area contributed by atoms with E-state index in [0.29, 0.717) is 0 Å². The van der Waals surface area contributed by atoms with Crippen LogP contribution in [-0.2, 0) is 10.8 Å². The monoisotopic (exact) mass is 265 g/mol. The average molecular weight is 266 g/mol. The molecule has 0 spiro atoms. The number of hydrogen-bond acceptors (Lipinski definition) is 2. The maximum Gasteiger partial charge on any atom is 0.293 e. The highest BCUT2D eigenvalue weighted by molar-refractivity contribution is 6.28. The molecule has 98 valence electrons. The largest absolute Gasteiger partial charge is 0.427 e. The van der Waals surface area contributed by atoms with Gasteiger partial charge in [-0.05, 0) is 34.1 Å².